The van der Waals surface area contributed by atoms with Crippen molar-refractivity contribution >= 4 is 17.4 Å². The summed E-state index contributed by atoms with van der Waals surface area (Å²) in [5, 5.41) is 11.0. The number of aliphatic hydroxyl groups is 1. The fraction of sp³-hybridized carbons (Fsp3) is 0.227. The van der Waals surface area contributed by atoms with Crippen LogP contribution in [-0.2, 0) is 16.1 Å². The first-order valence-electron chi connectivity index (χ1n) is 9.62. The Morgan fingerprint density at radius 1 is 1.29 bits per heavy atom. The summed E-state index contributed by atoms with van der Waals surface area (Å²) in [6.07, 6.45) is 7.08. The van der Waals surface area contributed by atoms with Crippen LogP contribution in [0.4, 0.5) is 4.39 Å². The van der Waals surface area contributed by atoms with Crippen LogP contribution in [0.25, 0.3) is 5.76 Å². The van der Waals surface area contributed by atoms with Gasteiger partial charge in [-0.3, -0.25) is 9.59 Å². The molecule has 8 nitrogen and oxygen atoms in total. The lowest BCUT2D eigenvalue weighted by Crippen LogP contribution is -2.31. The molecule has 31 heavy (non-hydrogen) atoms. The molecular formula is C22H20FN3O5. The summed E-state index contributed by atoms with van der Waals surface area (Å²) >= 11 is 0. The van der Waals surface area contributed by atoms with Gasteiger partial charge in [-0.25, -0.2) is 9.37 Å². The van der Waals surface area contributed by atoms with Crippen molar-refractivity contribution in [2.45, 2.75) is 19.0 Å². The Balaban J connectivity index is 1.74. The van der Waals surface area contributed by atoms with Gasteiger partial charge in [0.05, 0.1) is 30.8 Å². The van der Waals surface area contributed by atoms with Gasteiger partial charge in [0.25, 0.3) is 11.7 Å². The Morgan fingerprint density at radius 2 is 2.13 bits per heavy atom. The molecular weight excluding hydrogens is 405 g/mol. The molecule has 3 aromatic rings. The number of imidazole rings is 1. The van der Waals surface area contributed by atoms with Gasteiger partial charge in [0.2, 0.25) is 0 Å². The number of nitrogens with zero attached hydrogens (tertiary/aromatic N) is 3. The van der Waals surface area contributed by atoms with Crippen molar-refractivity contribution in [3.63, 3.8) is 0 Å². The van der Waals surface area contributed by atoms with Crippen molar-refractivity contribution in [2.75, 3.05) is 13.7 Å². The van der Waals surface area contributed by atoms with Gasteiger partial charge in [0.15, 0.2) is 0 Å². The largest absolute Gasteiger partial charge is 0.507 e. The first kappa shape index (κ1) is 20.4. The van der Waals surface area contributed by atoms with Crippen LogP contribution in [0.3, 0.4) is 0 Å². The molecule has 160 valence electrons. The topological polar surface area (TPSA) is 97.8 Å². The smallest absolute Gasteiger partial charge is 0.295 e. The molecule has 3 heterocycles. The quantitative estimate of drug-likeness (QED) is 0.355. The average Bonchev–Trinajstić information content (AvgIpc) is 3.52. The zero-order valence-corrected chi connectivity index (χ0v) is 16.7. The van der Waals surface area contributed by atoms with Crippen molar-refractivity contribution in [3.05, 3.63) is 78.0 Å². The van der Waals surface area contributed by atoms with Crippen LogP contribution in [0.1, 0.15) is 23.8 Å². The van der Waals surface area contributed by atoms with Crippen molar-refractivity contribution in [1.82, 2.24) is 14.5 Å². The molecule has 1 N–H and O–H groups in total. The Kier molecular flexibility index (Phi) is 5.57. The Labute approximate surface area is 177 Å². The Hall–Kier alpha value is -3.88. The molecule has 0 saturated carbocycles. The zero-order valence-electron chi connectivity index (χ0n) is 16.7. The molecule has 1 amide bonds. The number of hydrogen-bond donors (Lipinski definition) is 1. The van der Waals surface area contributed by atoms with Crippen LogP contribution in [0.15, 0.2) is 65.3 Å². The van der Waals surface area contributed by atoms with E-state index in [4.69, 9.17) is 9.15 Å². The van der Waals surface area contributed by atoms with E-state index in [1.807, 2.05) is 4.57 Å². The van der Waals surface area contributed by atoms with E-state index in [0.29, 0.717) is 18.7 Å². The van der Waals surface area contributed by atoms with E-state index in [-0.39, 0.29) is 23.4 Å². The number of amides is 1. The first-order chi connectivity index (χ1) is 15.0. The normalized spacial score (nSPS) is 18.0. The lowest BCUT2D eigenvalue weighted by Gasteiger charge is -2.23. The fourth-order valence-corrected chi connectivity index (χ4v) is 3.71. The maximum Gasteiger partial charge on any atom is 0.295 e. The monoisotopic (exact) mass is 425 g/mol. The minimum atomic E-state index is -0.939. The standard InChI is InChI=1S/C22H20FN3O5/c1-30-16-6-5-14(23)12-15(16)20(27)18-19(17-4-2-11-31-17)26(22(29)21(18)28)9-3-8-25-10-7-24-13-25/h2,4-7,10-13,19,27H,3,8-9H2,1H3/t19-/m1/s1. The van der Waals surface area contributed by atoms with Crippen LogP contribution in [0, 0.1) is 5.82 Å². The second-order valence-corrected chi connectivity index (χ2v) is 7.01. The first-order valence-corrected chi connectivity index (χ1v) is 9.62. The van der Waals surface area contributed by atoms with Crippen molar-refractivity contribution < 1.29 is 28.2 Å². The highest BCUT2D eigenvalue weighted by atomic mass is 19.1. The molecule has 9 heteroatoms. The lowest BCUT2D eigenvalue weighted by atomic mass is 9.98. The maximum absolute atomic E-state index is 13.9. The van der Waals surface area contributed by atoms with Crippen molar-refractivity contribution in [1.29, 1.82) is 0 Å². The summed E-state index contributed by atoms with van der Waals surface area (Å²) in [6, 6.07) is 5.88. The number of aryl methyl sites for hydroxylation is 1. The molecule has 0 bridgehead atoms. The highest BCUT2D eigenvalue weighted by molar-refractivity contribution is 6.46. The summed E-state index contributed by atoms with van der Waals surface area (Å²) in [4.78, 5) is 31.1. The Bertz CT molecular complexity index is 1120. The van der Waals surface area contributed by atoms with E-state index >= 15 is 0 Å². The third-order valence-electron chi connectivity index (χ3n) is 5.14. The number of ether oxygens (including phenoxy) is 1. The number of methoxy groups -OCH3 is 1. The summed E-state index contributed by atoms with van der Waals surface area (Å²) < 4.78 is 26.4. The summed E-state index contributed by atoms with van der Waals surface area (Å²) in [5.41, 5.74) is -0.193. The van der Waals surface area contributed by atoms with Gasteiger partial charge < -0.3 is 23.7 Å². The molecule has 1 fully saturated rings. The zero-order chi connectivity index (χ0) is 22.0. The molecule has 0 spiro atoms. The van der Waals surface area contributed by atoms with Crippen LogP contribution < -0.4 is 4.74 Å². The van der Waals surface area contributed by atoms with Gasteiger partial charge in [-0.05, 0) is 36.8 Å². The van der Waals surface area contributed by atoms with Crippen LogP contribution in [0.2, 0.25) is 0 Å². The number of hydrogen-bond acceptors (Lipinski definition) is 6. The lowest BCUT2D eigenvalue weighted by molar-refractivity contribution is -0.140. The molecule has 1 aliphatic rings. The van der Waals surface area contributed by atoms with Gasteiger partial charge in [-0.2, -0.15) is 0 Å². The van der Waals surface area contributed by atoms with E-state index in [1.165, 1.54) is 30.4 Å². The number of likely N-dealkylation sites (tertiary alicyclic amines) is 1. The van der Waals surface area contributed by atoms with Crippen LogP contribution in [0.5, 0.6) is 5.75 Å². The minimum Gasteiger partial charge on any atom is -0.507 e. The summed E-state index contributed by atoms with van der Waals surface area (Å²) in [5.74, 6) is -2.28. The molecule has 2 aromatic heterocycles. The average molecular weight is 425 g/mol. The van der Waals surface area contributed by atoms with E-state index in [1.54, 1.807) is 30.9 Å². The maximum atomic E-state index is 13.9. The SMILES string of the molecule is COc1ccc(F)cc1C(O)=C1C(=O)C(=O)N(CCCn2ccnc2)[C@@H]1c1ccco1. The number of benzene rings is 1. The number of rotatable bonds is 7. The molecule has 1 aromatic carbocycles. The number of halogens is 1. The molecule has 1 saturated heterocycles. The van der Waals surface area contributed by atoms with E-state index < -0.39 is 29.3 Å². The molecule has 0 aliphatic carbocycles. The van der Waals surface area contributed by atoms with Crippen LogP contribution in [-0.4, -0.2) is 44.9 Å². The number of ketones is 1. The molecule has 1 atom stereocenters. The van der Waals surface area contributed by atoms with Gasteiger partial charge in [0.1, 0.15) is 29.1 Å². The summed E-state index contributed by atoms with van der Waals surface area (Å²) in [6.45, 7) is 0.830. The minimum absolute atomic E-state index is 0.0181. The van der Waals surface area contributed by atoms with Crippen LogP contribution >= 0.6 is 0 Å². The highest BCUT2D eigenvalue weighted by Gasteiger charge is 2.47. The number of Topliss-reactive ketones (excluding diaryl/α,β-unsaturated/α-hetero) is 1. The molecule has 1 aliphatic heterocycles. The third kappa shape index (κ3) is 3.81. The number of aromatic nitrogens is 2. The van der Waals surface area contributed by atoms with E-state index in [0.717, 1.165) is 6.07 Å². The predicted octanol–water partition coefficient (Wildman–Crippen LogP) is 3.14. The van der Waals surface area contributed by atoms with Gasteiger partial charge >= 0.3 is 0 Å². The van der Waals surface area contributed by atoms with Gasteiger partial charge in [-0.15, -0.1) is 0 Å². The molecule has 0 radical (unpaired) electrons. The van der Waals surface area contributed by atoms with Gasteiger partial charge in [-0.1, -0.05) is 0 Å². The van der Waals surface area contributed by atoms with Gasteiger partial charge in [0, 0.05) is 25.5 Å². The van der Waals surface area contributed by atoms with E-state index in [9.17, 15) is 19.1 Å². The molecule has 0 unspecified atom stereocenters. The second kappa shape index (κ2) is 8.47. The number of furan rings is 1. The molecule has 4 rings (SSSR count). The number of carbonyl (C=O) groups is 2. The number of carbonyl (C=O) groups excluding carboxylic acids is 2. The number of aliphatic hydroxyl groups excluding tert-OH is 1. The second-order valence-electron chi connectivity index (χ2n) is 7.01. The third-order valence-corrected chi connectivity index (χ3v) is 5.14. The van der Waals surface area contributed by atoms with E-state index in [2.05, 4.69) is 4.98 Å². The fourth-order valence-electron chi connectivity index (χ4n) is 3.71. The Morgan fingerprint density at radius 3 is 2.81 bits per heavy atom. The van der Waals surface area contributed by atoms with Crippen molar-refractivity contribution in [2.24, 2.45) is 0 Å². The highest BCUT2D eigenvalue weighted by Crippen LogP contribution is 2.41. The predicted molar refractivity (Wildman–Crippen MR) is 108 cm³/mol. The van der Waals surface area contributed by atoms with Crippen molar-refractivity contribution in [3.8, 4) is 5.75 Å². The summed E-state index contributed by atoms with van der Waals surface area (Å²) in [7, 11) is 1.36.